The number of aromatic nitrogens is 2. The van der Waals surface area contributed by atoms with Gasteiger partial charge in [0.05, 0.1) is 11.0 Å². The van der Waals surface area contributed by atoms with E-state index in [0.717, 1.165) is 18.4 Å². The van der Waals surface area contributed by atoms with Crippen LogP contribution < -0.4 is 10.9 Å². The van der Waals surface area contributed by atoms with Gasteiger partial charge < -0.3 is 9.88 Å². The van der Waals surface area contributed by atoms with Gasteiger partial charge in [-0.3, -0.25) is 9.59 Å². The lowest BCUT2D eigenvalue weighted by atomic mass is 10.1. The van der Waals surface area contributed by atoms with Crippen LogP contribution >= 0.6 is 0 Å². The fraction of sp³-hybridized carbons (Fsp3) is 0.438. The van der Waals surface area contributed by atoms with Crippen molar-refractivity contribution in [3.63, 3.8) is 0 Å². The summed E-state index contributed by atoms with van der Waals surface area (Å²) in [6.45, 7) is 6.96. The average molecular weight is 287 g/mol. The summed E-state index contributed by atoms with van der Waals surface area (Å²) < 4.78 is 1.68. The van der Waals surface area contributed by atoms with Crippen molar-refractivity contribution in [2.75, 3.05) is 6.54 Å². The fourth-order valence-corrected chi connectivity index (χ4v) is 2.31. The quantitative estimate of drug-likeness (QED) is 0.858. The Morgan fingerprint density at radius 2 is 2.10 bits per heavy atom. The van der Waals surface area contributed by atoms with Crippen LogP contribution in [-0.4, -0.2) is 22.0 Å². The van der Waals surface area contributed by atoms with E-state index in [1.165, 1.54) is 0 Å². The highest BCUT2D eigenvalue weighted by molar-refractivity contribution is 5.97. The van der Waals surface area contributed by atoms with Crippen molar-refractivity contribution in [3.8, 4) is 0 Å². The molecule has 0 aliphatic heterocycles. The molecule has 0 radical (unpaired) electrons. The number of amides is 1. The summed E-state index contributed by atoms with van der Waals surface area (Å²) in [7, 11) is 0. The van der Waals surface area contributed by atoms with E-state index in [1.807, 2.05) is 6.92 Å². The number of fused-ring (bicyclic) bond motifs is 1. The Morgan fingerprint density at radius 3 is 2.76 bits per heavy atom. The summed E-state index contributed by atoms with van der Waals surface area (Å²) in [6.07, 6.45) is 2.01. The highest BCUT2D eigenvalue weighted by Crippen LogP contribution is 2.13. The molecule has 0 aliphatic rings. The van der Waals surface area contributed by atoms with Gasteiger partial charge >= 0.3 is 0 Å². The Hall–Kier alpha value is -2.17. The molecule has 0 bridgehead atoms. The number of nitrogens with zero attached hydrogens (tertiary/aromatic N) is 2. The van der Waals surface area contributed by atoms with Crippen LogP contribution in [0.2, 0.25) is 0 Å². The number of carbonyl (C=O) groups excluding carboxylic acids is 1. The average Bonchev–Trinajstić information content (AvgIpc) is 2.48. The monoisotopic (exact) mass is 287 g/mol. The van der Waals surface area contributed by atoms with Gasteiger partial charge in [0.1, 0.15) is 5.69 Å². The Kier molecular flexibility index (Phi) is 4.73. The van der Waals surface area contributed by atoms with E-state index in [1.54, 1.807) is 29.7 Å². The predicted molar refractivity (Wildman–Crippen MR) is 83.7 cm³/mol. The number of carbonyl (C=O) groups is 1. The van der Waals surface area contributed by atoms with E-state index in [0.29, 0.717) is 29.9 Å². The number of hydrogen-bond acceptors (Lipinski definition) is 3. The van der Waals surface area contributed by atoms with Gasteiger partial charge in [0.15, 0.2) is 0 Å². The van der Waals surface area contributed by atoms with Crippen LogP contribution in [0.25, 0.3) is 11.0 Å². The first-order valence-corrected chi connectivity index (χ1v) is 7.37. The number of rotatable bonds is 5. The highest BCUT2D eigenvalue weighted by Gasteiger charge is 2.10. The molecule has 2 aromatic rings. The van der Waals surface area contributed by atoms with Crippen LogP contribution in [0.3, 0.4) is 0 Å². The Labute approximate surface area is 124 Å². The molecule has 1 aromatic carbocycles. The molecule has 0 saturated carbocycles. The second-order valence-electron chi connectivity index (χ2n) is 5.06. The topological polar surface area (TPSA) is 64.0 Å². The van der Waals surface area contributed by atoms with E-state index < -0.39 is 0 Å². The van der Waals surface area contributed by atoms with Crippen molar-refractivity contribution in [2.24, 2.45) is 0 Å². The van der Waals surface area contributed by atoms with Gasteiger partial charge in [0.2, 0.25) is 0 Å². The summed E-state index contributed by atoms with van der Waals surface area (Å²) in [6, 6.07) is 5.28. The SMILES string of the molecule is CCCCNC(=O)c1ccc2c(c1)nc(C)c(=O)n2CC. The lowest BCUT2D eigenvalue weighted by Crippen LogP contribution is -2.25. The molecular formula is C16H21N3O2. The highest BCUT2D eigenvalue weighted by atomic mass is 16.1. The summed E-state index contributed by atoms with van der Waals surface area (Å²) in [5.74, 6) is -0.0981. The van der Waals surface area contributed by atoms with Crippen LogP contribution in [0.15, 0.2) is 23.0 Å². The van der Waals surface area contributed by atoms with Crippen molar-refractivity contribution >= 4 is 16.9 Å². The molecule has 21 heavy (non-hydrogen) atoms. The Balaban J connectivity index is 2.40. The predicted octanol–water partition coefficient (Wildman–Crippen LogP) is 2.25. The largest absolute Gasteiger partial charge is 0.352 e. The van der Waals surface area contributed by atoms with Crippen LogP contribution in [0, 0.1) is 6.92 Å². The van der Waals surface area contributed by atoms with E-state index in [9.17, 15) is 9.59 Å². The summed E-state index contributed by atoms with van der Waals surface area (Å²) >= 11 is 0. The first kappa shape index (κ1) is 15.2. The Morgan fingerprint density at radius 1 is 1.33 bits per heavy atom. The molecule has 0 saturated heterocycles. The van der Waals surface area contributed by atoms with Crippen molar-refractivity contribution in [2.45, 2.75) is 40.2 Å². The molecule has 0 fully saturated rings. The molecule has 0 atom stereocenters. The van der Waals surface area contributed by atoms with Gasteiger partial charge in [-0.15, -0.1) is 0 Å². The summed E-state index contributed by atoms with van der Waals surface area (Å²) in [5, 5.41) is 2.88. The van der Waals surface area contributed by atoms with Crippen molar-refractivity contribution in [1.29, 1.82) is 0 Å². The molecule has 5 nitrogen and oxygen atoms in total. The standard InChI is InChI=1S/C16H21N3O2/c1-4-6-9-17-15(20)12-7-8-14-13(10-12)18-11(3)16(21)19(14)5-2/h7-8,10H,4-6,9H2,1-3H3,(H,17,20). The zero-order chi connectivity index (χ0) is 15.4. The summed E-state index contributed by atoms with van der Waals surface area (Å²) in [4.78, 5) is 28.4. The number of benzene rings is 1. The lowest BCUT2D eigenvalue weighted by molar-refractivity contribution is 0.0953. The molecule has 112 valence electrons. The maximum absolute atomic E-state index is 12.1. The third-order valence-corrected chi connectivity index (χ3v) is 3.50. The molecule has 0 aliphatic carbocycles. The second kappa shape index (κ2) is 6.52. The minimum atomic E-state index is -0.0981. The minimum absolute atomic E-state index is 0.0786. The summed E-state index contributed by atoms with van der Waals surface area (Å²) in [5.41, 5.74) is 2.39. The minimum Gasteiger partial charge on any atom is -0.352 e. The van der Waals surface area contributed by atoms with Crippen LogP contribution in [0.1, 0.15) is 42.7 Å². The van der Waals surface area contributed by atoms with E-state index in [2.05, 4.69) is 17.2 Å². The van der Waals surface area contributed by atoms with Gasteiger partial charge in [0, 0.05) is 18.7 Å². The van der Waals surface area contributed by atoms with E-state index >= 15 is 0 Å². The number of hydrogen-bond donors (Lipinski definition) is 1. The number of nitrogens with one attached hydrogen (secondary N) is 1. The maximum atomic E-state index is 12.1. The molecule has 1 heterocycles. The molecule has 2 rings (SSSR count). The normalized spacial score (nSPS) is 10.8. The first-order valence-electron chi connectivity index (χ1n) is 7.37. The van der Waals surface area contributed by atoms with Gasteiger partial charge in [-0.05, 0) is 38.5 Å². The molecule has 1 amide bonds. The molecule has 1 N–H and O–H groups in total. The van der Waals surface area contributed by atoms with Crippen molar-refractivity contribution in [1.82, 2.24) is 14.9 Å². The van der Waals surface area contributed by atoms with Crippen LogP contribution in [-0.2, 0) is 6.54 Å². The van der Waals surface area contributed by atoms with Crippen molar-refractivity contribution in [3.05, 3.63) is 39.8 Å². The molecule has 5 heteroatoms. The van der Waals surface area contributed by atoms with Gasteiger partial charge in [-0.25, -0.2) is 4.98 Å². The van der Waals surface area contributed by atoms with Crippen LogP contribution in [0.4, 0.5) is 0 Å². The first-order chi connectivity index (χ1) is 10.1. The third kappa shape index (κ3) is 3.12. The molecule has 1 aromatic heterocycles. The van der Waals surface area contributed by atoms with Gasteiger partial charge in [-0.2, -0.15) is 0 Å². The number of unbranched alkanes of at least 4 members (excludes halogenated alkanes) is 1. The molecule has 0 unspecified atom stereocenters. The van der Waals surface area contributed by atoms with E-state index in [4.69, 9.17) is 0 Å². The van der Waals surface area contributed by atoms with Gasteiger partial charge in [0.25, 0.3) is 11.5 Å². The molecule has 0 spiro atoms. The third-order valence-electron chi connectivity index (χ3n) is 3.50. The number of aryl methyl sites for hydroxylation is 2. The van der Waals surface area contributed by atoms with Gasteiger partial charge in [-0.1, -0.05) is 13.3 Å². The van der Waals surface area contributed by atoms with E-state index in [-0.39, 0.29) is 11.5 Å². The maximum Gasteiger partial charge on any atom is 0.272 e. The second-order valence-corrected chi connectivity index (χ2v) is 5.06. The lowest BCUT2D eigenvalue weighted by Gasteiger charge is -2.10. The molecular weight excluding hydrogens is 266 g/mol. The van der Waals surface area contributed by atoms with Crippen LogP contribution in [0.5, 0.6) is 0 Å². The van der Waals surface area contributed by atoms with Crippen molar-refractivity contribution < 1.29 is 4.79 Å². The smallest absolute Gasteiger partial charge is 0.272 e. The zero-order valence-corrected chi connectivity index (χ0v) is 12.8. The fourth-order valence-electron chi connectivity index (χ4n) is 2.31. The Bertz CT molecular complexity index is 719. The zero-order valence-electron chi connectivity index (χ0n) is 12.8.